The van der Waals surface area contributed by atoms with Crippen LogP contribution in [0.3, 0.4) is 0 Å². The van der Waals surface area contributed by atoms with Gasteiger partial charge in [-0.05, 0) is 6.42 Å². The van der Waals surface area contributed by atoms with Gasteiger partial charge in [-0.25, -0.2) is 0 Å². The van der Waals surface area contributed by atoms with Gasteiger partial charge in [0.05, 0.1) is 12.0 Å². The first-order valence-corrected chi connectivity index (χ1v) is 3.31. The Labute approximate surface area is 87.3 Å². The molecule has 1 fully saturated rings. The average Bonchev–Trinajstić information content (AvgIpc) is 1.88. The van der Waals surface area contributed by atoms with E-state index in [0.29, 0.717) is 19.5 Å². The monoisotopic (exact) mass is 169 g/mol. The Balaban J connectivity index is 0.000001000. The van der Waals surface area contributed by atoms with Crippen molar-refractivity contribution in [2.24, 2.45) is 5.92 Å². The molecule has 0 aromatic rings. The molecule has 1 heterocycles. The molecular weight excluding hydrogens is 157 g/mol. The number of aliphatic hydroxyl groups is 1. The molecule has 4 nitrogen and oxygen atoms in total. The predicted octanol–water partition coefficient (Wildman–Crippen LogP) is -1.61. The summed E-state index contributed by atoms with van der Waals surface area (Å²) in [5.74, 6) is -1.24. The molecule has 0 radical (unpaired) electrons. The van der Waals surface area contributed by atoms with Gasteiger partial charge in [0.1, 0.15) is 0 Å². The van der Waals surface area contributed by atoms with Crippen molar-refractivity contribution in [2.45, 2.75) is 12.5 Å². The molecule has 0 aromatic heterocycles. The van der Waals surface area contributed by atoms with Gasteiger partial charge in [0.25, 0.3) is 0 Å². The maximum absolute atomic E-state index is 10.3. The zero-order valence-electron chi connectivity index (χ0n) is 5.58. The number of hydrogen-bond acceptors (Lipinski definition) is 3. The van der Waals surface area contributed by atoms with Crippen molar-refractivity contribution in [1.29, 1.82) is 0 Å². The topological polar surface area (TPSA) is 69.6 Å². The summed E-state index contributed by atoms with van der Waals surface area (Å²) in [5, 5.41) is 20.3. The fourth-order valence-electron chi connectivity index (χ4n) is 1.11. The Kier molecular flexibility index (Phi) is 5.29. The molecule has 0 bridgehead atoms. The van der Waals surface area contributed by atoms with Gasteiger partial charge in [-0.3, -0.25) is 4.79 Å². The minimum atomic E-state index is -0.828. The Morgan fingerprint density at radius 3 is 2.45 bits per heavy atom. The molecular formula is C6H12NNaO3. The van der Waals surface area contributed by atoms with E-state index in [9.17, 15) is 4.79 Å². The molecule has 3 N–H and O–H groups in total. The minimum absolute atomic E-state index is 0. The molecule has 1 rings (SSSR count). The SMILES string of the molecule is O=C(O)C1CNCC(O)C1.[NaH]. The van der Waals surface area contributed by atoms with E-state index in [0.717, 1.165) is 0 Å². The van der Waals surface area contributed by atoms with Gasteiger partial charge in [0.15, 0.2) is 0 Å². The van der Waals surface area contributed by atoms with Gasteiger partial charge < -0.3 is 15.5 Å². The number of carboxylic acids is 1. The van der Waals surface area contributed by atoms with Crippen LogP contribution < -0.4 is 5.32 Å². The van der Waals surface area contributed by atoms with E-state index in [1.165, 1.54) is 0 Å². The molecule has 0 saturated carbocycles. The molecule has 11 heavy (non-hydrogen) atoms. The zero-order chi connectivity index (χ0) is 7.56. The number of aliphatic hydroxyl groups excluding tert-OH is 1. The second-order valence-electron chi connectivity index (χ2n) is 2.58. The Bertz CT molecular complexity index is 142. The van der Waals surface area contributed by atoms with Crippen LogP contribution >= 0.6 is 0 Å². The van der Waals surface area contributed by atoms with Gasteiger partial charge in [0, 0.05) is 13.1 Å². The normalized spacial score (nSPS) is 30.6. The predicted molar refractivity (Wildman–Crippen MR) is 41.8 cm³/mol. The summed E-state index contributed by atoms with van der Waals surface area (Å²) in [6.07, 6.45) is -0.114. The number of aliphatic carboxylic acids is 1. The van der Waals surface area contributed by atoms with Crippen LogP contribution in [0, 0.1) is 5.92 Å². The van der Waals surface area contributed by atoms with Crippen LogP contribution in [0.2, 0.25) is 0 Å². The van der Waals surface area contributed by atoms with Crippen LogP contribution in [0.25, 0.3) is 0 Å². The molecule has 1 aliphatic heterocycles. The first-order valence-electron chi connectivity index (χ1n) is 3.31. The van der Waals surface area contributed by atoms with Gasteiger partial charge >= 0.3 is 35.5 Å². The number of hydrogen-bond donors (Lipinski definition) is 3. The molecule has 0 spiro atoms. The molecule has 60 valence electrons. The van der Waals surface area contributed by atoms with Crippen molar-refractivity contribution < 1.29 is 15.0 Å². The van der Waals surface area contributed by atoms with Crippen LogP contribution in [0.1, 0.15) is 6.42 Å². The molecule has 2 atom stereocenters. The molecule has 1 aliphatic rings. The summed E-state index contributed by atoms with van der Waals surface area (Å²) in [6.45, 7) is 0.996. The summed E-state index contributed by atoms with van der Waals surface area (Å²) < 4.78 is 0. The van der Waals surface area contributed by atoms with Crippen molar-refractivity contribution in [2.75, 3.05) is 13.1 Å². The molecule has 1 saturated heterocycles. The van der Waals surface area contributed by atoms with E-state index in [1.54, 1.807) is 0 Å². The van der Waals surface area contributed by atoms with Crippen LogP contribution in [0.5, 0.6) is 0 Å². The van der Waals surface area contributed by atoms with E-state index in [4.69, 9.17) is 10.2 Å². The third-order valence-electron chi connectivity index (χ3n) is 1.68. The number of piperidine rings is 1. The standard InChI is InChI=1S/C6H11NO3.Na.H/c8-5-1-4(6(9)10)2-7-3-5;;/h4-5,7-8H,1-3H2,(H,9,10);;. The fraction of sp³-hybridized carbons (Fsp3) is 0.833. The first kappa shape index (κ1) is 11.4. The van der Waals surface area contributed by atoms with E-state index < -0.39 is 18.0 Å². The van der Waals surface area contributed by atoms with Gasteiger partial charge in [-0.15, -0.1) is 0 Å². The Morgan fingerprint density at radius 1 is 1.45 bits per heavy atom. The number of rotatable bonds is 1. The quantitative estimate of drug-likeness (QED) is 0.413. The summed E-state index contributed by atoms with van der Waals surface area (Å²) in [6, 6.07) is 0. The molecule has 0 aliphatic carbocycles. The van der Waals surface area contributed by atoms with Crippen LogP contribution in [-0.2, 0) is 4.79 Å². The molecule has 2 unspecified atom stereocenters. The second-order valence-corrected chi connectivity index (χ2v) is 2.58. The Hall–Kier alpha value is 0.390. The van der Waals surface area contributed by atoms with Gasteiger partial charge in [-0.1, -0.05) is 0 Å². The van der Waals surface area contributed by atoms with Crippen molar-refractivity contribution in [3.63, 3.8) is 0 Å². The van der Waals surface area contributed by atoms with Crippen LogP contribution in [-0.4, -0.2) is 64.9 Å². The van der Waals surface area contributed by atoms with E-state index in [1.807, 2.05) is 0 Å². The van der Waals surface area contributed by atoms with E-state index in [2.05, 4.69) is 5.32 Å². The number of β-amino-alcohol motifs (C(OH)–C–C–N with tert-alkyl or cyclic N) is 1. The van der Waals surface area contributed by atoms with Crippen molar-refractivity contribution in [1.82, 2.24) is 5.32 Å². The van der Waals surface area contributed by atoms with Crippen LogP contribution in [0.15, 0.2) is 0 Å². The summed E-state index contributed by atoms with van der Waals surface area (Å²) in [7, 11) is 0. The molecule has 0 aromatic carbocycles. The number of carboxylic acid groups (broad SMARTS) is 1. The van der Waals surface area contributed by atoms with Gasteiger partial charge in [-0.2, -0.15) is 0 Å². The van der Waals surface area contributed by atoms with E-state index >= 15 is 0 Å². The zero-order valence-corrected chi connectivity index (χ0v) is 5.58. The molecule has 0 amide bonds. The van der Waals surface area contributed by atoms with Gasteiger partial charge in [0.2, 0.25) is 0 Å². The van der Waals surface area contributed by atoms with Crippen molar-refractivity contribution in [3.8, 4) is 0 Å². The summed E-state index contributed by atoms with van der Waals surface area (Å²) >= 11 is 0. The van der Waals surface area contributed by atoms with E-state index in [-0.39, 0.29) is 29.6 Å². The number of nitrogens with one attached hydrogen (secondary N) is 1. The second kappa shape index (κ2) is 5.11. The fourth-order valence-corrected chi connectivity index (χ4v) is 1.11. The average molecular weight is 169 g/mol. The van der Waals surface area contributed by atoms with Crippen molar-refractivity contribution >= 4 is 35.5 Å². The first-order chi connectivity index (χ1) is 4.70. The molecule has 5 heteroatoms. The summed E-state index contributed by atoms with van der Waals surface area (Å²) in [5.41, 5.74) is 0. The third-order valence-corrected chi connectivity index (χ3v) is 1.68. The van der Waals surface area contributed by atoms with Crippen molar-refractivity contribution in [3.05, 3.63) is 0 Å². The third kappa shape index (κ3) is 3.53. The van der Waals surface area contributed by atoms with Crippen LogP contribution in [0.4, 0.5) is 0 Å². The maximum atomic E-state index is 10.3. The summed E-state index contributed by atoms with van der Waals surface area (Å²) in [4.78, 5) is 10.3. The number of carbonyl (C=O) groups is 1. The Morgan fingerprint density at radius 2 is 2.09 bits per heavy atom.